The third-order valence-corrected chi connectivity index (χ3v) is 4.60. The van der Waals surface area contributed by atoms with Crippen LogP contribution in [-0.4, -0.2) is 20.4 Å². The topological polar surface area (TPSA) is 71.1 Å². The van der Waals surface area contributed by atoms with Gasteiger partial charge < -0.3 is 5.32 Å². The fourth-order valence-electron chi connectivity index (χ4n) is 1.65. The van der Waals surface area contributed by atoms with E-state index in [0.29, 0.717) is 11.0 Å². The summed E-state index contributed by atoms with van der Waals surface area (Å²) in [5.74, 6) is -0.534. The molecule has 0 aliphatic carbocycles. The highest BCUT2D eigenvalue weighted by molar-refractivity contribution is 9.10. The fraction of sp³-hybridized carbons (Fsp3) is 0.154. The molecule has 2 aromatic rings. The van der Waals surface area contributed by atoms with E-state index in [1.54, 1.807) is 13.1 Å². The van der Waals surface area contributed by atoms with Crippen LogP contribution < -0.4 is 10.0 Å². The van der Waals surface area contributed by atoms with Crippen LogP contribution in [-0.2, 0) is 16.6 Å². The van der Waals surface area contributed by atoms with E-state index in [-0.39, 0.29) is 10.7 Å². The van der Waals surface area contributed by atoms with E-state index in [1.165, 1.54) is 24.4 Å². The monoisotopic (exact) mass is 373 g/mol. The number of nitrogens with one attached hydrogen (secondary N) is 2. The maximum absolute atomic E-state index is 13.2. The average Bonchev–Trinajstić information content (AvgIpc) is 2.44. The average molecular weight is 374 g/mol. The van der Waals surface area contributed by atoms with Gasteiger partial charge in [0, 0.05) is 17.2 Å². The molecule has 1 heterocycles. The summed E-state index contributed by atoms with van der Waals surface area (Å²) in [6.45, 7) is 0.593. The van der Waals surface area contributed by atoms with Crippen molar-refractivity contribution in [2.24, 2.45) is 0 Å². The molecule has 0 unspecified atom stereocenters. The molecule has 0 aliphatic rings. The summed E-state index contributed by atoms with van der Waals surface area (Å²) < 4.78 is 40.3. The predicted octanol–water partition coefficient (Wildman–Crippen LogP) is 2.50. The molecule has 112 valence electrons. The Morgan fingerprint density at radius 2 is 2.05 bits per heavy atom. The second-order valence-corrected chi connectivity index (χ2v) is 6.75. The smallest absolute Gasteiger partial charge is 0.279 e. The lowest BCUT2D eigenvalue weighted by Crippen LogP contribution is -2.15. The molecule has 0 aliphatic heterocycles. The van der Waals surface area contributed by atoms with Gasteiger partial charge in [-0.05, 0) is 52.8 Å². The molecule has 5 nitrogen and oxygen atoms in total. The fourth-order valence-corrected chi connectivity index (χ4v) is 3.13. The largest absolute Gasteiger partial charge is 0.316 e. The lowest BCUT2D eigenvalue weighted by atomic mass is 10.3. The van der Waals surface area contributed by atoms with Crippen LogP contribution in [0, 0.1) is 5.82 Å². The van der Waals surface area contributed by atoms with Crippen LogP contribution in [0.4, 0.5) is 10.1 Å². The minimum absolute atomic E-state index is 0.121. The third kappa shape index (κ3) is 3.99. The molecule has 0 radical (unpaired) electrons. The molecule has 1 aromatic carbocycles. The van der Waals surface area contributed by atoms with Crippen molar-refractivity contribution in [3.8, 4) is 0 Å². The standard InChI is InChI=1S/C13H13BrFN3O2S/c1-16-7-9-2-5-13(17-8-9)21(19,20)18-12-6-10(15)3-4-11(12)14/h2-6,8,16,18H,7H2,1H3. The second-order valence-electron chi connectivity index (χ2n) is 4.26. The molecule has 2 N–H and O–H groups in total. The summed E-state index contributed by atoms with van der Waals surface area (Å²) in [6, 6.07) is 6.82. The first-order valence-corrected chi connectivity index (χ1v) is 8.27. The predicted molar refractivity (Wildman–Crippen MR) is 81.9 cm³/mol. The number of nitrogens with zero attached hydrogens (tertiary/aromatic N) is 1. The summed E-state index contributed by atoms with van der Waals surface area (Å²) in [7, 11) is -2.08. The van der Waals surface area contributed by atoms with Crippen molar-refractivity contribution < 1.29 is 12.8 Å². The van der Waals surface area contributed by atoms with E-state index >= 15 is 0 Å². The highest BCUT2D eigenvalue weighted by atomic mass is 79.9. The summed E-state index contributed by atoms with van der Waals surface area (Å²) in [6.07, 6.45) is 1.48. The number of rotatable bonds is 5. The molecular formula is C13H13BrFN3O2S. The molecule has 0 atom stereocenters. The highest BCUT2D eigenvalue weighted by Crippen LogP contribution is 2.25. The van der Waals surface area contributed by atoms with E-state index in [1.807, 2.05) is 0 Å². The zero-order chi connectivity index (χ0) is 15.5. The molecular weight excluding hydrogens is 361 g/mol. The van der Waals surface area contributed by atoms with Gasteiger partial charge in [-0.15, -0.1) is 0 Å². The van der Waals surface area contributed by atoms with Gasteiger partial charge in [0.25, 0.3) is 10.0 Å². The number of sulfonamides is 1. The van der Waals surface area contributed by atoms with E-state index in [9.17, 15) is 12.8 Å². The molecule has 0 fully saturated rings. The van der Waals surface area contributed by atoms with Gasteiger partial charge in [0.05, 0.1) is 5.69 Å². The first kappa shape index (κ1) is 15.9. The molecule has 0 amide bonds. The summed E-state index contributed by atoms with van der Waals surface area (Å²) in [5, 5.41) is 2.82. The Hall–Kier alpha value is -1.51. The van der Waals surface area contributed by atoms with E-state index in [4.69, 9.17) is 0 Å². The van der Waals surface area contributed by atoms with Gasteiger partial charge in [-0.1, -0.05) is 6.07 Å². The number of pyridine rings is 1. The Kier molecular flexibility index (Phi) is 4.92. The van der Waals surface area contributed by atoms with Crippen molar-refractivity contribution in [1.82, 2.24) is 10.3 Å². The van der Waals surface area contributed by atoms with Gasteiger partial charge in [-0.2, -0.15) is 8.42 Å². The molecule has 0 bridgehead atoms. The SMILES string of the molecule is CNCc1ccc(S(=O)(=O)Nc2cc(F)ccc2Br)nc1. The molecule has 1 aromatic heterocycles. The van der Waals surface area contributed by atoms with Crippen LogP contribution in [0.5, 0.6) is 0 Å². The van der Waals surface area contributed by atoms with Crippen molar-refractivity contribution in [3.63, 3.8) is 0 Å². The maximum atomic E-state index is 13.2. The van der Waals surface area contributed by atoms with E-state index in [2.05, 4.69) is 31.0 Å². The van der Waals surface area contributed by atoms with Crippen LogP contribution in [0.15, 0.2) is 46.0 Å². The first-order valence-electron chi connectivity index (χ1n) is 6.00. The Labute approximate surface area is 130 Å². The number of anilines is 1. The number of aromatic nitrogens is 1. The maximum Gasteiger partial charge on any atom is 0.279 e. The van der Waals surface area contributed by atoms with Crippen LogP contribution in [0.3, 0.4) is 0 Å². The Morgan fingerprint density at radius 1 is 1.29 bits per heavy atom. The van der Waals surface area contributed by atoms with Gasteiger partial charge in [0.15, 0.2) is 5.03 Å². The van der Waals surface area contributed by atoms with Crippen LogP contribution >= 0.6 is 15.9 Å². The van der Waals surface area contributed by atoms with Crippen molar-refractivity contribution >= 4 is 31.6 Å². The molecule has 0 saturated heterocycles. The highest BCUT2D eigenvalue weighted by Gasteiger charge is 2.17. The van der Waals surface area contributed by atoms with Gasteiger partial charge >= 0.3 is 0 Å². The first-order chi connectivity index (χ1) is 9.92. The van der Waals surface area contributed by atoms with Crippen LogP contribution in [0.2, 0.25) is 0 Å². The Bertz CT molecular complexity index is 736. The van der Waals surface area contributed by atoms with Gasteiger partial charge in [-0.25, -0.2) is 9.37 Å². The summed E-state index contributed by atoms with van der Waals surface area (Å²) >= 11 is 3.17. The van der Waals surface area contributed by atoms with Crippen molar-refractivity contribution in [2.45, 2.75) is 11.6 Å². The number of hydrogen-bond donors (Lipinski definition) is 2. The molecule has 8 heteroatoms. The van der Waals surface area contributed by atoms with E-state index in [0.717, 1.165) is 11.6 Å². The van der Waals surface area contributed by atoms with Gasteiger partial charge in [0.1, 0.15) is 5.82 Å². The van der Waals surface area contributed by atoms with E-state index < -0.39 is 15.8 Å². The minimum Gasteiger partial charge on any atom is -0.316 e. The van der Waals surface area contributed by atoms with Crippen molar-refractivity contribution in [2.75, 3.05) is 11.8 Å². The van der Waals surface area contributed by atoms with Crippen molar-refractivity contribution in [3.05, 3.63) is 52.4 Å². The second kappa shape index (κ2) is 6.50. The zero-order valence-corrected chi connectivity index (χ0v) is 13.5. The lowest BCUT2D eigenvalue weighted by Gasteiger charge is -2.09. The summed E-state index contributed by atoms with van der Waals surface area (Å²) in [5.41, 5.74) is 0.986. The van der Waals surface area contributed by atoms with Crippen LogP contribution in [0.1, 0.15) is 5.56 Å². The number of benzene rings is 1. The normalized spacial score (nSPS) is 11.4. The minimum atomic E-state index is -3.86. The van der Waals surface area contributed by atoms with Crippen molar-refractivity contribution in [1.29, 1.82) is 0 Å². The quantitative estimate of drug-likeness (QED) is 0.844. The molecule has 0 saturated carbocycles. The number of halogens is 2. The molecule has 0 spiro atoms. The zero-order valence-electron chi connectivity index (χ0n) is 11.1. The van der Waals surface area contributed by atoms with Gasteiger partial charge in [0.2, 0.25) is 0 Å². The molecule has 21 heavy (non-hydrogen) atoms. The Balaban J connectivity index is 2.27. The van der Waals surface area contributed by atoms with Gasteiger partial charge in [-0.3, -0.25) is 4.72 Å². The van der Waals surface area contributed by atoms with Crippen LogP contribution in [0.25, 0.3) is 0 Å². The molecule has 2 rings (SSSR count). The lowest BCUT2D eigenvalue weighted by molar-refractivity contribution is 0.597. The number of hydrogen-bond acceptors (Lipinski definition) is 4. The Morgan fingerprint density at radius 3 is 2.67 bits per heavy atom. The summed E-state index contributed by atoms with van der Waals surface area (Å²) in [4.78, 5) is 3.92. The third-order valence-electron chi connectivity index (χ3n) is 2.63.